The second-order valence-corrected chi connectivity index (χ2v) is 6.69. The van der Waals surface area contributed by atoms with Crippen LogP contribution in [0.3, 0.4) is 0 Å². The van der Waals surface area contributed by atoms with Crippen LogP contribution in [0.4, 0.5) is 10.1 Å². The van der Waals surface area contributed by atoms with E-state index in [1.807, 2.05) is 11.9 Å². The fraction of sp³-hybridized carbons (Fsp3) is 0.158. The van der Waals surface area contributed by atoms with Crippen LogP contribution in [-0.4, -0.2) is 33.4 Å². The molecular weight excluding hydrogens is 381 g/mol. The molecule has 3 aromatic heterocycles. The number of H-pyrrole nitrogens is 1. The first-order valence-corrected chi connectivity index (χ1v) is 8.83. The number of carbonyl (C=O) groups is 1. The van der Waals surface area contributed by atoms with Gasteiger partial charge in [-0.3, -0.25) is 9.78 Å². The van der Waals surface area contributed by atoms with Crippen molar-refractivity contribution in [3.63, 3.8) is 0 Å². The molecule has 1 atom stereocenters. The van der Waals surface area contributed by atoms with Crippen molar-refractivity contribution < 1.29 is 18.3 Å². The van der Waals surface area contributed by atoms with E-state index < -0.39 is 11.6 Å². The number of fused-ring (bicyclic) bond motifs is 5. The Morgan fingerprint density at radius 3 is 2.86 bits per heavy atom. The molecule has 0 radical (unpaired) electrons. The van der Waals surface area contributed by atoms with Crippen LogP contribution in [0.15, 0.2) is 39.5 Å². The molecule has 0 spiro atoms. The number of furan rings is 1. The summed E-state index contributed by atoms with van der Waals surface area (Å²) in [6, 6.07) is 7.67. The number of nitrogens with zero attached hydrogens (tertiary/aromatic N) is 2. The van der Waals surface area contributed by atoms with Gasteiger partial charge in [0.1, 0.15) is 5.58 Å². The van der Waals surface area contributed by atoms with Crippen molar-refractivity contribution >= 4 is 33.5 Å². The maximum Gasteiger partial charge on any atom is 0.350 e. The van der Waals surface area contributed by atoms with Gasteiger partial charge in [-0.2, -0.15) is 9.37 Å². The molecule has 29 heavy (non-hydrogen) atoms. The zero-order valence-electron chi connectivity index (χ0n) is 15.1. The monoisotopic (exact) mass is 395 g/mol. The fourth-order valence-electron chi connectivity index (χ4n) is 3.33. The standard InChI is InChI=1S/C19H14FN5O4/c1-8-7-21-16-15-9-2-5-13(29-14-6-12(20)24-19(27)25-14)23-10(9)3-4-11(15)28-17(16)18(26)22-8/h2-6,8,21H,7H2,1H3,(H,22,26)(H,24,25,27). The van der Waals surface area contributed by atoms with Crippen LogP contribution in [0.2, 0.25) is 0 Å². The largest absolute Gasteiger partial charge is 0.449 e. The molecule has 4 aromatic rings. The molecule has 5 rings (SSSR count). The molecule has 9 nitrogen and oxygen atoms in total. The van der Waals surface area contributed by atoms with E-state index in [1.54, 1.807) is 24.3 Å². The molecule has 1 aliphatic rings. The second-order valence-electron chi connectivity index (χ2n) is 6.69. The van der Waals surface area contributed by atoms with E-state index in [-0.39, 0.29) is 29.5 Å². The molecule has 10 heteroatoms. The number of halogens is 1. The maximum absolute atomic E-state index is 13.3. The summed E-state index contributed by atoms with van der Waals surface area (Å²) < 4.78 is 24.5. The van der Waals surface area contributed by atoms with Crippen LogP contribution in [0.25, 0.3) is 21.9 Å². The number of amides is 1. The Kier molecular flexibility index (Phi) is 3.73. The first kappa shape index (κ1) is 17.2. The molecule has 0 bridgehead atoms. The van der Waals surface area contributed by atoms with Gasteiger partial charge in [-0.1, -0.05) is 0 Å². The fourth-order valence-corrected chi connectivity index (χ4v) is 3.33. The van der Waals surface area contributed by atoms with Gasteiger partial charge in [0.15, 0.2) is 0 Å². The van der Waals surface area contributed by atoms with Gasteiger partial charge >= 0.3 is 5.69 Å². The highest BCUT2D eigenvalue weighted by atomic mass is 19.1. The zero-order chi connectivity index (χ0) is 20.1. The highest BCUT2D eigenvalue weighted by Crippen LogP contribution is 2.37. The molecule has 0 saturated heterocycles. The normalized spacial score (nSPS) is 16.2. The van der Waals surface area contributed by atoms with E-state index in [9.17, 15) is 14.0 Å². The van der Waals surface area contributed by atoms with E-state index in [0.717, 1.165) is 16.8 Å². The Labute approximate surface area is 161 Å². The number of aromatic nitrogens is 3. The minimum atomic E-state index is -0.859. The topological polar surface area (TPSA) is 122 Å². The summed E-state index contributed by atoms with van der Waals surface area (Å²) in [5.74, 6) is -0.980. The third kappa shape index (κ3) is 2.94. The lowest BCUT2D eigenvalue weighted by Gasteiger charge is -2.09. The molecule has 146 valence electrons. The summed E-state index contributed by atoms with van der Waals surface area (Å²) in [7, 11) is 0. The van der Waals surface area contributed by atoms with Crippen LogP contribution in [0.5, 0.6) is 11.8 Å². The highest BCUT2D eigenvalue weighted by Gasteiger charge is 2.26. The average molecular weight is 395 g/mol. The lowest BCUT2D eigenvalue weighted by Crippen LogP contribution is -2.34. The summed E-state index contributed by atoms with van der Waals surface area (Å²) in [4.78, 5) is 33.5. The average Bonchev–Trinajstić information content (AvgIpc) is 2.98. The first-order valence-electron chi connectivity index (χ1n) is 8.83. The van der Waals surface area contributed by atoms with Gasteiger partial charge in [-0.25, -0.2) is 9.78 Å². The van der Waals surface area contributed by atoms with Crippen molar-refractivity contribution in [3.05, 3.63) is 52.5 Å². The Morgan fingerprint density at radius 2 is 2.03 bits per heavy atom. The van der Waals surface area contributed by atoms with E-state index in [0.29, 0.717) is 23.3 Å². The molecule has 0 saturated carbocycles. The molecule has 4 heterocycles. The molecule has 1 aromatic carbocycles. The van der Waals surface area contributed by atoms with Crippen LogP contribution in [0.1, 0.15) is 17.5 Å². The van der Waals surface area contributed by atoms with Crippen molar-refractivity contribution in [2.45, 2.75) is 13.0 Å². The SMILES string of the molecule is CC1CNc2c(oc3ccc4nc(Oc5cc(F)[nH]c(=O)n5)ccc4c23)C(=O)N1. The van der Waals surface area contributed by atoms with Gasteiger partial charge in [0, 0.05) is 24.0 Å². The predicted octanol–water partition coefficient (Wildman–Crippen LogP) is 2.54. The van der Waals surface area contributed by atoms with Crippen molar-refractivity contribution in [2.24, 2.45) is 0 Å². The van der Waals surface area contributed by atoms with Gasteiger partial charge < -0.3 is 19.8 Å². The van der Waals surface area contributed by atoms with Crippen LogP contribution in [0, 0.1) is 5.95 Å². The Balaban J connectivity index is 1.61. The summed E-state index contributed by atoms with van der Waals surface area (Å²) >= 11 is 0. The van der Waals surface area contributed by atoms with Crippen molar-refractivity contribution in [1.82, 2.24) is 20.3 Å². The van der Waals surface area contributed by atoms with Gasteiger partial charge in [0.05, 0.1) is 22.7 Å². The van der Waals surface area contributed by atoms with E-state index in [1.165, 1.54) is 0 Å². The molecular formula is C19H14FN5O4. The number of carbonyl (C=O) groups excluding carboxylic acids is 1. The van der Waals surface area contributed by atoms with Crippen molar-refractivity contribution in [2.75, 3.05) is 11.9 Å². The minimum Gasteiger partial charge on any atom is -0.449 e. The minimum absolute atomic E-state index is 0.0461. The summed E-state index contributed by atoms with van der Waals surface area (Å²) in [5.41, 5.74) is 0.875. The van der Waals surface area contributed by atoms with Crippen molar-refractivity contribution in [3.8, 4) is 11.8 Å². The number of benzene rings is 1. The van der Waals surface area contributed by atoms with Gasteiger partial charge in [0.2, 0.25) is 23.5 Å². The third-order valence-electron chi connectivity index (χ3n) is 4.56. The molecule has 0 fully saturated rings. The number of aromatic amines is 1. The number of hydrogen-bond acceptors (Lipinski definition) is 7. The first-order chi connectivity index (χ1) is 14.0. The lowest BCUT2D eigenvalue weighted by atomic mass is 10.1. The number of ether oxygens (including phenoxy) is 1. The van der Waals surface area contributed by atoms with Gasteiger partial charge in [-0.15, -0.1) is 0 Å². The van der Waals surface area contributed by atoms with Crippen LogP contribution in [-0.2, 0) is 0 Å². The highest BCUT2D eigenvalue weighted by molar-refractivity contribution is 6.16. The number of nitrogens with one attached hydrogen (secondary N) is 3. The summed E-state index contributed by atoms with van der Waals surface area (Å²) in [5, 5.41) is 7.60. The molecule has 0 aliphatic carbocycles. The zero-order valence-corrected chi connectivity index (χ0v) is 15.1. The Hall–Kier alpha value is -3.95. The van der Waals surface area contributed by atoms with Crippen LogP contribution < -0.4 is 21.1 Å². The molecule has 1 unspecified atom stereocenters. The smallest absolute Gasteiger partial charge is 0.350 e. The summed E-state index contributed by atoms with van der Waals surface area (Å²) in [6.45, 7) is 2.45. The summed E-state index contributed by atoms with van der Waals surface area (Å²) in [6.07, 6.45) is 0. The van der Waals surface area contributed by atoms with Gasteiger partial charge in [-0.05, 0) is 25.1 Å². The number of rotatable bonds is 2. The van der Waals surface area contributed by atoms with Gasteiger partial charge in [0.25, 0.3) is 5.91 Å². The molecule has 1 amide bonds. The number of pyridine rings is 1. The van der Waals surface area contributed by atoms with E-state index >= 15 is 0 Å². The van der Waals surface area contributed by atoms with E-state index in [4.69, 9.17) is 9.15 Å². The molecule has 3 N–H and O–H groups in total. The quantitative estimate of drug-likeness (QED) is 0.446. The lowest BCUT2D eigenvalue weighted by molar-refractivity contribution is 0.0920. The third-order valence-corrected chi connectivity index (χ3v) is 4.56. The number of anilines is 1. The Bertz CT molecular complexity index is 1350. The Morgan fingerprint density at radius 1 is 1.17 bits per heavy atom. The van der Waals surface area contributed by atoms with Crippen molar-refractivity contribution in [1.29, 1.82) is 0 Å². The molecule has 1 aliphatic heterocycles. The number of hydrogen-bond donors (Lipinski definition) is 3. The van der Waals surface area contributed by atoms with E-state index in [2.05, 4.69) is 20.6 Å². The second kappa shape index (κ2) is 6.30. The maximum atomic E-state index is 13.3. The predicted molar refractivity (Wildman–Crippen MR) is 102 cm³/mol. The van der Waals surface area contributed by atoms with Crippen LogP contribution >= 0.6 is 0 Å².